The van der Waals surface area contributed by atoms with E-state index in [9.17, 15) is 0 Å². The van der Waals surface area contributed by atoms with Crippen LogP contribution in [0.15, 0.2) is 16.7 Å². The van der Waals surface area contributed by atoms with Crippen LogP contribution in [0.5, 0.6) is 0 Å². The van der Waals surface area contributed by atoms with Crippen molar-refractivity contribution in [2.24, 2.45) is 7.05 Å². The SMILES string of the molecule is CNC(c1cc(Cl)sc1Cl)c1c(Br)cnn1C. The second kappa shape index (κ2) is 5.28. The predicted octanol–water partition coefficient (Wildman–Crippen LogP) is 3.86. The van der Waals surface area contributed by atoms with Crippen molar-refractivity contribution < 1.29 is 0 Å². The Morgan fingerprint density at radius 3 is 2.65 bits per heavy atom. The molecule has 0 bridgehead atoms. The molecule has 0 amide bonds. The molecular formula is C10H10BrCl2N3S. The molecule has 1 atom stereocenters. The molecule has 7 heteroatoms. The van der Waals surface area contributed by atoms with Crippen molar-refractivity contribution in [3.63, 3.8) is 0 Å². The van der Waals surface area contributed by atoms with Gasteiger partial charge in [-0.15, -0.1) is 11.3 Å². The first-order valence-corrected chi connectivity index (χ1v) is 7.20. The van der Waals surface area contributed by atoms with E-state index in [1.54, 1.807) is 6.20 Å². The predicted molar refractivity (Wildman–Crippen MR) is 76.1 cm³/mol. The topological polar surface area (TPSA) is 29.9 Å². The van der Waals surface area contributed by atoms with E-state index in [-0.39, 0.29) is 6.04 Å². The standard InChI is InChI=1S/C10H10BrCl2N3S/c1-14-8(5-3-7(12)17-10(5)13)9-6(11)4-15-16(9)2/h3-4,8,14H,1-2H3. The summed E-state index contributed by atoms with van der Waals surface area (Å²) in [6.45, 7) is 0. The first-order valence-electron chi connectivity index (χ1n) is 4.84. The number of thiophene rings is 1. The molecule has 1 N–H and O–H groups in total. The maximum absolute atomic E-state index is 6.19. The molecule has 0 saturated heterocycles. The molecule has 0 aromatic carbocycles. The Kier molecular flexibility index (Phi) is 4.15. The van der Waals surface area contributed by atoms with Crippen LogP contribution in [0.4, 0.5) is 0 Å². The average Bonchev–Trinajstić information content (AvgIpc) is 2.76. The van der Waals surface area contributed by atoms with Crippen LogP contribution in [0.25, 0.3) is 0 Å². The van der Waals surface area contributed by atoms with E-state index >= 15 is 0 Å². The molecule has 0 spiro atoms. The molecule has 2 aromatic heterocycles. The summed E-state index contributed by atoms with van der Waals surface area (Å²) in [5.41, 5.74) is 1.98. The number of hydrogen-bond acceptors (Lipinski definition) is 3. The molecule has 2 heterocycles. The van der Waals surface area contributed by atoms with Crippen LogP contribution in [-0.4, -0.2) is 16.8 Å². The normalized spacial score (nSPS) is 13.0. The highest BCUT2D eigenvalue weighted by Crippen LogP contribution is 2.38. The van der Waals surface area contributed by atoms with Gasteiger partial charge in [-0.2, -0.15) is 5.10 Å². The zero-order valence-electron chi connectivity index (χ0n) is 9.17. The van der Waals surface area contributed by atoms with Crippen LogP contribution < -0.4 is 5.32 Å². The highest BCUT2D eigenvalue weighted by molar-refractivity contribution is 9.10. The zero-order valence-corrected chi connectivity index (χ0v) is 13.1. The lowest BCUT2D eigenvalue weighted by Crippen LogP contribution is -2.20. The molecule has 2 aromatic rings. The van der Waals surface area contributed by atoms with Crippen LogP contribution in [0.2, 0.25) is 8.67 Å². The fourth-order valence-corrected chi connectivity index (χ4v) is 3.84. The number of hydrogen-bond donors (Lipinski definition) is 1. The Balaban J connectivity index is 2.51. The Labute approximate surface area is 122 Å². The average molecular weight is 355 g/mol. The van der Waals surface area contributed by atoms with Crippen molar-refractivity contribution in [2.45, 2.75) is 6.04 Å². The largest absolute Gasteiger partial charge is 0.308 e. The molecule has 0 aliphatic heterocycles. The van der Waals surface area contributed by atoms with Gasteiger partial charge in [-0.25, -0.2) is 0 Å². The van der Waals surface area contributed by atoms with Crippen molar-refractivity contribution in [3.8, 4) is 0 Å². The third-order valence-corrected chi connectivity index (χ3v) is 4.62. The van der Waals surface area contributed by atoms with Gasteiger partial charge in [0.25, 0.3) is 0 Å². The number of halogens is 3. The van der Waals surface area contributed by atoms with E-state index in [1.807, 2.05) is 24.8 Å². The van der Waals surface area contributed by atoms with Crippen LogP contribution in [0.3, 0.4) is 0 Å². The van der Waals surface area contributed by atoms with E-state index in [0.29, 0.717) is 8.67 Å². The van der Waals surface area contributed by atoms with Gasteiger partial charge in [-0.05, 0) is 29.0 Å². The summed E-state index contributed by atoms with van der Waals surface area (Å²) in [6.07, 6.45) is 1.77. The van der Waals surface area contributed by atoms with Crippen molar-refractivity contribution in [3.05, 3.63) is 36.7 Å². The van der Waals surface area contributed by atoms with Crippen molar-refractivity contribution in [2.75, 3.05) is 7.05 Å². The van der Waals surface area contributed by atoms with Crippen LogP contribution >= 0.6 is 50.5 Å². The Morgan fingerprint density at radius 2 is 2.24 bits per heavy atom. The van der Waals surface area contributed by atoms with Gasteiger partial charge in [-0.3, -0.25) is 4.68 Å². The molecule has 92 valence electrons. The summed E-state index contributed by atoms with van der Waals surface area (Å²) >= 11 is 17.0. The molecule has 0 aliphatic rings. The van der Waals surface area contributed by atoms with Crippen molar-refractivity contribution in [1.82, 2.24) is 15.1 Å². The summed E-state index contributed by atoms with van der Waals surface area (Å²) in [5, 5.41) is 7.43. The molecule has 17 heavy (non-hydrogen) atoms. The minimum absolute atomic E-state index is 0.0341. The molecule has 1 unspecified atom stereocenters. The number of aryl methyl sites for hydroxylation is 1. The molecule has 2 rings (SSSR count). The summed E-state index contributed by atoms with van der Waals surface area (Å²) in [4.78, 5) is 0. The summed E-state index contributed by atoms with van der Waals surface area (Å²) in [6, 6.07) is 1.85. The Morgan fingerprint density at radius 1 is 1.53 bits per heavy atom. The molecule has 3 nitrogen and oxygen atoms in total. The van der Waals surface area contributed by atoms with Crippen LogP contribution in [0.1, 0.15) is 17.3 Å². The number of nitrogens with zero attached hydrogens (tertiary/aromatic N) is 2. The summed E-state index contributed by atoms with van der Waals surface area (Å²) in [5.74, 6) is 0. The van der Waals surface area contributed by atoms with Crippen molar-refractivity contribution in [1.29, 1.82) is 0 Å². The van der Waals surface area contributed by atoms with E-state index in [4.69, 9.17) is 23.2 Å². The minimum Gasteiger partial charge on any atom is -0.308 e. The zero-order chi connectivity index (χ0) is 12.6. The van der Waals surface area contributed by atoms with E-state index in [2.05, 4.69) is 26.3 Å². The Bertz CT molecular complexity index is 518. The van der Waals surface area contributed by atoms with Gasteiger partial charge < -0.3 is 5.32 Å². The third kappa shape index (κ3) is 2.53. The van der Waals surface area contributed by atoms with E-state index < -0.39 is 0 Å². The minimum atomic E-state index is -0.0341. The molecule has 0 fully saturated rings. The maximum atomic E-state index is 6.19. The van der Waals surface area contributed by atoms with Gasteiger partial charge in [0.15, 0.2) is 0 Å². The van der Waals surface area contributed by atoms with Crippen LogP contribution in [0, 0.1) is 0 Å². The molecule has 0 radical (unpaired) electrons. The third-order valence-electron chi connectivity index (χ3n) is 2.49. The van der Waals surface area contributed by atoms with Gasteiger partial charge in [-0.1, -0.05) is 23.2 Å². The number of nitrogens with one attached hydrogen (secondary N) is 1. The lowest BCUT2D eigenvalue weighted by Gasteiger charge is -2.16. The van der Waals surface area contributed by atoms with Gasteiger partial charge in [0.2, 0.25) is 0 Å². The Hall–Kier alpha value is -0.0700. The van der Waals surface area contributed by atoms with Crippen LogP contribution in [-0.2, 0) is 7.05 Å². The highest BCUT2D eigenvalue weighted by Gasteiger charge is 2.23. The summed E-state index contributed by atoms with van der Waals surface area (Å²) < 4.78 is 4.14. The maximum Gasteiger partial charge on any atom is 0.0996 e. The van der Waals surface area contributed by atoms with E-state index in [0.717, 1.165) is 15.7 Å². The van der Waals surface area contributed by atoms with Gasteiger partial charge in [0.1, 0.15) is 0 Å². The lowest BCUT2D eigenvalue weighted by atomic mass is 10.1. The number of rotatable bonds is 3. The quantitative estimate of drug-likeness (QED) is 0.906. The first kappa shape index (κ1) is 13.4. The molecule has 0 aliphatic carbocycles. The fraction of sp³-hybridized carbons (Fsp3) is 0.300. The monoisotopic (exact) mass is 353 g/mol. The summed E-state index contributed by atoms with van der Waals surface area (Å²) in [7, 11) is 3.78. The van der Waals surface area contributed by atoms with Crippen molar-refractivity contribution >= 4 is 50.5 Å². The van der Waals surface area contributed by atoms with Gasteiger partial charge in [0, 0.05) is 12.6 Å². The van der Waals surface area contributed by atoms with Gasteiger partial charge >= 0.3 is 0 Å². The number of aromatic nitrogens is 2. The first-order chi connectivity index (χ1) is 8.04. The van der Waals surface area contributed by atoms with E-state index in [1.165, 1.54) is 11.3 Å². The second-order valence-corrected chi connectivity index (χ2v) is 6.64. The highest BCUT2D eigenvalue weighted by atomic mass is 79.9. The molecular weight excluding hydrogens is 345 g/mol. The fourth-order valence-electron chi connectivity index (χ4n) is 1.73. The lowest BCUT2D eigenvalue weighted by molar-refractivity contribution is 0.605. The van der Waals surface area contributed by atoms with Gasteiger partial charge in [0.05, 0.1) is 31.1 Å². The second-order valence-electron chi connectivity index (χ2n) is 3.50. The smallest absolute Gasteiger partial charge is 0.0996 e. The molecule has 0 saturated carbocycles.